The fourth-order valence-electron chi connectivity index (χ4n) is 3.06. The van der Waals surface area contributed by atoms with Crippen molar-refractivity contribution in [3.8, 4) is 0 Å². The predicted molar refractivity (Wildman–Crippen MR) is 118 cm³/mol. The van der Waals surface area contributed by atoms with E-state index in [-0.39, 0.29) is 24.3 Å². The number of thiophene rings is 1. The zero-order chi connectivity index (χ0) is 20.6. The SMILES string of the molecule is CC(C)c1ccc(C(NC(=O)CCNC(=O)c2ccccc2)c2cccs2)cc1. The van der Waals surface area contributed by atoms with Gasteiger partial charge in [-0.3, -0.25) is 9.59 Å². The number of benzene rings is 2. The number of carbonyl (C=O) groups excluding carboxylic acids is 2. The van der Waals surface area contributed by atoms with Crippen LogP contribution in [0.2, 0.25) is 0 Å². The number of nitrogens with one attached hydrogen (secondary N) is 2. The molecule has 1 heterocycles. The summed E-state index contributed by atoms with van der Waals surface area (Å²) in [4.78, 5) is 25.7. The molecule has 2 amide bonds. The van der Waals surface area contributed by atoms with Crippen molar-refractivity contribution in [1.82, 2.24) is 10.6 Å². The van der Waals surface area contributed by atoms with Crippen molar-refractivity contribution in [3.63, 3.8) is 0 Å². The molecule has 1 aromatic heterocycles. The van der Waals surface area contributed by atoms with Crippen LogP contribution in [0.1, 0.15) is 58.6 Å². The fraction of sp³-hybridized carbons (Fsp3) is 0.250. The maximum Gasteiger partial charge on any atom is 0.251 e. The molecule has 29 heavy (non-hydrogen) atoms. The van der Waals surface area contributed by atoms with E-state index in [0.717, 1.165) is 10.4 Å². The molecule has 0 saturated heterocycles. The van der Waals surface area contributed by atoms with Crippen LogP contribution in [0.25, 0.3) is 0 Å². The second-order valence-corrected chi connectivity index (χ2v) is 8.19. The van der Waals surface area contributed by atoms with Crippen molar-refractivity contribution in [1.29, 1.82) is 0 Å². The molecule has 0 aliphatic rings. The van der Waals surface area contributed by atoms with Gasteiger partial charge < -0.3 is 10.6 Å². The fourth-order valence-corrected chi connectivity index (χ4v) is 3.86. The van der Waals surface area contributed by atoms with Gasteiger partial charge in [0.1, 0.15) is 0 Å². The molecular formula is C24H26N2O2S. The van der Waals surface area contributed by atoms with E-state index < -0.39 is 0 Å². The van der Waals surface area contributed by atoms with Crippen LogP contribution >= 0.6 is 11.3 Å². The van der Waals surface area contributed by atoms with Crippen LogP contribution in [-0.2, 0) is 4.79 Å². The van der Waals surface area contributed by atoms with Gasteiger partial charge in [0.15, 0.2) is 0 Å². The molecule has 0 radical (unpaired) electrons. The molecule has 1 atom stereocenters. The van der Waals surface area contributed by atoms with Crippen LogP contribution in [0.15, 0.2) is 72.1 Å². The third-order valence-corrected chi connectivity index (χ3v) is 5.68. The molecule has 2 aromatic carbocycles. The van der Waals surface area contributed by atoms with Crippen molar-refractivity contribution in [2.24, 2.45) is 0 Å². The molecule has 3 rings (SSSR count). The summed E-state index contributed by atoms with van der Waals surface area (Å²) in [6.45, 7) is 4.62. The minimum atomic E-state index is -0.187. The standard InChI is InChI=1S/C24H26N2O2S/c1-17(2)18-10-12-19(13-11-18)23(21-9-6-16-29-21)26-22(27)14-15-25-24(28)20-7-4-3-5-8-20/h3-13,16-17,23H,14-15H2,1-2H3,(H,25,28)(H,26,27). The quantitative estimate of drug-likeness (QED) is 0.559. The van der Waals surface area contributed by atoms with Crippen molar-refractivity contribution >= 4 is 23.2 Å². The molecule has 0 fully saturated rings. The zero-order valence-corrected chi connectivity index (χ0v) is 17.5. The van der Waals surface area contributed by atoms with E-state index in [1.54, 1.807) is 23.5 Å². The normalized spacial score (nSPS) is 11.8. The maximum atomic E-state index is 12.6. The van der Waals surface area contributed by atoms with Crippen LogP contribution in [0.3, 0.4) is 0 Å². The summed E-state index contributed by atoms with van der Waals surface area (Å²) < 4.78 is 0. The molecule has 2 N–H and O–H groups in total. The van der Waals surface area contributed by atoms with Crippen molar-refractivity contribution in [2.45, 2.75) is 32.2 Å². The molecular weight excluding hydrogens is 380 g/mol. The molecule has 0 bridgehead atoms. The minimum Gasteiger partial charge on any atom is -0.352 e. The summed E-state index contributed by atoms with van der Waals surface area (Å²) in [5.74, 6) is 0.203. The van der Waals surface area contributed by atoms with Gasteiger partial charge in [-0.05, 0) is 40.6 Å². The van der Waals surface area contributed by atoms with Crippen LogP contribution in [0.5, 0.6) is 0 Å². The molecule has 3 aromatic rings. The van der Waals surface area contributed by atoms with Gasteiger partial charge >= 0.3 is 0 Å². The topological polar surface area (TPSA) is 58.2 Å². The minimum absolute atomic E-state index is 0.0929. The lowest BCUT2D eigenvalue weighted by Gasteiger charge is -2.19. The lowest BCUT2D eigenvalue weighted by molar-refractivity contribution is -0.121. The van der Waals surface area contributed by atoms with Gasteiger partial charge in [-0.1, -0.05) is 62.4 Å². The van der Waals surface area contributed by atoms with Gasteiger partial charge in [0, 0.05) is 23.4 Å². The summed E-state index contributed by atoms with van der Waals surface area (Å²) >= 11 is 1.62. The Morgan fingerprint density at radius 1 is 0.897 bits per heavy atom. The molecule has 4 nitrogen and oxygen atoms in total. The van der Waals surface area contributed by atoms with E-state index in [0.29, 0.717) is 18.0 Å². The Hall–Kier alpha value is -2.92. The summed E-state index contributed by atoms with van der Waals surface area (Å²) in [5.41, 5.74) is 2.92. The van der Waals surface area contributed by atoms with Crippen molar-refractivity contribution < 1.29 is 9.59 Å². The molecule has 5 heteroatoms. The van der Waals surface area contributed by atoms with E-state index in [9.17, 15) is 9.59 Å². The van der Waals surface area contributed by atoms with Crippen LogP contribution in [0.4, 0.5) is 0 Å². The number of hydrogen-bond donors (Lipinski definition) is 2. The average Bonchev–Trinajstić information content (AvgIpc) is 3.27. The smallest absolute Gasteiger partial charge is 0.251 e. The Bertz CT molecular complexity index is 919. The van der Waals surface area contributed by atoms with E-state index >= 15 is 0 Å². The Kier molecular flexibility index (Phi) is 7.19. The third kappa shape index (κ3) is 5.78. The number of hydrogen-bond acceptors (Lipinski definition) is 3. The highest BCUT2D eigenvalue weighted by Gasteiger charge is 2.18. The Morgan fingerprint density at radius 3 is 2.21 bits per heavy atom. The first kappa shape index (κ1) is 20.8. The van der Waals surface area contributed by atoms with E-state index in [1.165, 1.54) is 5.56 Å². The van der Waals surface area contributed by atoms with E-state index in [4.69, 9.17) is 0 Å². The Labute approximate surface area is 176 Å². The molecule has 150 valence electrons. The Morgan fingerprint density at radius 2 is 1.59 bits per heavy atom. The molecule has 1 unspecified atom stereocenters. The maximum absolute atomic E-state index is 12.6. The van der Waals surface area contributed by atoms with E-state index in [2.05, 4.69) is 48.7 Å². The Balaban J connectivity index is 1.61. The van der Waals surface area contributed by atoms with Crippen LogP contribution in [-0.4, -0.2) is 18.4 Å². The highest BCUT2D eigenvalue weighted by Crippen LogP contribution is 2.27. The summed E-state index contributed by atoms with van der Waals surface area (Å²) in [5, 5.41) is 7.93. The lowest BCUT2D eigenvalue weighted by Crippen LogP contribution is -2.33. The number of carbonyl (C=O) groups is 2. The summed E-state index contributed by atoms with van der Waals surface area (Å²) in [6, 6.07) is 21.2. The third-order valence-electron chi connectivity index (χ3n) is 4.74. The first-order chi connectivity index (χ1) is 14.0. The van der Waals surface area contributed by atoms with Gasteiger partial charge in [0.2, 0.25) is 5.91 Å². The van der Waals surface area contributed by atoms with Crippen LogP contribution < -0.4 is 10.6 Å². The number of rotatable bonds is 8. The molecule has 0 aliphatic carbocycles. The highest BCUT2D eigenvalue weighted by atomic mass is 32.1. The second kappa shape index (κ2) is 10.0. The average molecular weight is 407 g/mol. The molecule has 0 aliphatic heterocycles. The van der Waals surface area contributed by atoms with Gasteiger partial charge in [0.25, 0.3) is 5.91 Å². The molecule has 0 spiro atoms. The van der Waals surface area contributed by atoms with E-state index in [1.807, 2.05) is 35.7 Å². The summed E-state index contributed by atoms with van der Waals surface area (Å²) in [6.07, 6.45) is 0.227. The van der Waals surface area contributed by atoms with Gasteiger partial charge in [-0.15, -0.1) is 11.3 Å². The predicted octanol–water partition coefficient (Wildman–Crippen LogP) is 4.90. The lowest BCUT2D eigenvalue weighted by atomic mass is 9.98. The monoisotopic (exact) mass is 406 g/mol. The van der Waals surface area contributed by atoms with Crippen molar-refractivity contribution in [2.75, 3.05) is 6.54 Å². The summed E-state index contributed by atoms with van der Waals surface area (Å²) in [7, 11) is 0. The highest BCUT2D eigenvalue weighted by molar-refractivity contribution is 7.10. The largest absolute Gasteiger partial charge is 0.352 e. The van der Waals surface area contributed by atoms with Gasteiger partial charge in [-0.25, -0.2) is 0 Å². The molecule has 0 saturated carbocycles. The first-order valence-electron chi connectivity index (χ1n) is 9.80. The number of amides is 2. The van der Waals surface area contributed by atoms with Gasteiger partial charge in [0.05, 0.1) is 6.04 Å². The first-order valence-corrected chi connectivity index (χ1v) is 10.7. The zero-order valence-electron chi connectivity index (χ0n) is 16.7. The van der Waals surface area contributed by atoms with Crippen LogP contribution in [0, 0.1) is 0 Å². The van der Waals surface area contributed by atoms with Crippen molar-refractivity contribution in [3.05, 3.63) is 93.7 Å². The van der Waals surface area contributed by atoms with Gasteiger partial charge in [-0.2, -0.15) is 0 Å². The second-order valence-electron chi connectivity index (χ2n) is 7.21.